The third-order valence-electron chi connectivity index (χ3n) is 4.08. The van der Waals surface area contributed by atoms with Gasteiger partial charge in [-0.25, -0.2) is 0 Å². The summed E-state index contributed by atoms with van der Waals surface area (Å²) in [5, 5.41) is 3.38. The van der Waals surface area contributed by atoms with E-state index in [9.17, 15) is 4.79 Å². The van der Waals surface area contributed by atoms with Crippen LogP contribution >= 0.6 is 0 Å². The van der Waals surface area contributed by atoms with Gasteiger partial charge in [0.2, 0.25) is 5.91 Å². The highest BCUT2D eigenvalue weighted by atomic mass is 16.5. The van der Waals surface area contributed by atoms with Gasteiger partial charge in [-0.3, -0.25) is 4.79 Å². The molecule has 4 heteroatoms. The maximum atomic E-state index is 11.8. The van der Waals surface area contributed by atoms with Crippen molar-refractivity contribution >= 4 is 5.91 Å². The summed E-state index contributed by atoms with van der Waals surface area (Å²) in [5.74, 6) is 1.06. The Labute approximate surface area is 121 Å². The molecule has 0 aliphatic heterocycles. The summed E-state index contributed by atoms with van der Waals surface area (Å²) in [5.41, 5.74) is 2.74. The zero-order chi connectivity index (χ0) is 14.5. The van der Waals surface area contributed by atoms with Gasteiger partial charge in [0.1, 0.15) is 5.75 Å². The van der Waals surface area contributed by atoms with E-state index in [4.69, 9.17) is 4.74 Å². The molecular weight excluding hydrogens is 252 g/mol. The number of hydrogen-bond acceptors (Lipinski definition) is 3. The van der Waals surface area contributed by atoms with Crippen molar-refractivity contribution in [3.8, 4) is 5.75 Å². The van der Waals surface area contributed by atoms with Crippen molar-refractivity contribution < 1.29 is 9.53 Å². The maximum Gasteiger partial charge on any atom is 0.236 e. The van der Waals surface area contributed by atoms with Crippen LogP contribution in [-0.2, 0) is 17.6 Å². The normalized spacial score (nSPS) is 17.4. The third-order valence-corrected chi connectivity index (χ3v) is 4.08. The highest BCUT2D eigenvalue weighted by Gasteiger charge is 2.19. The third kappa shape index (κ3) is 3.51. The molecule has 2 rings (SSSR count). The fourth-order valence-electron chi connectivity index (χ4n) is 2.58. The zero-order valence-electron chi connectivity index (χ0n) is 12.6. The predicted octanol–water partition coefficient (Wildman–Crippen LogP) is 1.62. The molecule has 1 aromatic carbocycles. The molecule has 0 spiro atoms. The molecule has 0 bridgehead atoms. The standard InChI is InChI=1S/C16H24N2O2/c1-4-18(2)16(19)11-17-14-7-5-12-6-8-15(20-3)10-13(12)9-14/h6,8,10,14,17H,4-5,7,9,11H2,1-3H3. The average Bonchev–Trinajstić information content (AvgIpc) is 2.50. The Bertz CT molecular complexity index is 474. The van der Waals surface area contributed by atoms with Gasteiger partial charge in [-0.1, -0.05) is 6.07 Å². The second-order valence-corrected chi connectivity index (χ2v) is 5.36. The molecule has 20 heavy (non-hydrogen) atoms. The quantitative estimate of drug-likeness (QED) is 0.888. The van der Waals surface area contributed by atoms with Crippen LogP contribution in [0.2, 0.25) is 0 Å². The summed E-state index contributed by atoms with van der Waals surface area (Å²) < 4.78 is 5.28. The number of ether oxygens (including phenoxy) is 1. The maximum absolute atomic E-state index is 11.8. The first-order valence-electron chi connectivity index (χ1n) is 7.27. The molecule has 1 N–H and O–H groups in total. The summed E-state index contributed by atoms with van der Waals surface area (Å²) in [7, 11) is 3.53. The van der Waals surface area contributed by atoms with Gasteiger partial charge in [-0.05, 0) is 49.4 Å². The molecule has 1 aliphatic carbocycles. The number of methoxy groups -OCH3 is 1. The molecule has 0 heterocycles. The Balaban J connectivity index is 1.92. The summed E-state index contributed by atoms with van der Waals surface area (Å²) in [6, 6.07) is 6.67. The molecule has 110 valence electrons. The Morgan fingerprint density at radius 1 is 1.45 bits per heavy atom. The molecule has 1 amide bonds. The van der Waals surface area contributed by atoms with E-state index in [2.05, 4.69) is 17.4 Å². The van der Waals surface area contributed by atoms with Gasteiger partial charge in [-0.2, -0.15) is 0 Å². The first-order valence-corrected chi connectivity index (χ1v) is 7.27. The van der Waals surface area contributed by atoms with Crippen molar-refractivity contribution in [1.29, 1.82) is 0 Å². The number of carbonyl (C=O) groups is 1. The Morgan fingerprint density at radius 2 is 2.25 bits per heavy atom. The van der Waals surface area contributed by atoms with E-state index in [1.165, 1.54) is 11.1 Å². The van der Waals surface area contributed by atoms with E-state index in [1.54, 1.807) is 12.0 Å². The van der Waals surface area contributed by atoms with Crippen LogP contribution in [-0.4, -0.2) is 44.1 Å². The summed E-state index contributed by atoms with van der Waals surface area (Å²) >= 11 is 0. The van der Waals surface area contributed by atoms with E-state index >= 15 is 0 Å². The first kappa shape index (κ1) is 14.9. The van der Waals surface area contributed by atoms with E-state index in [-0.39, 0.29) is 5.91 Å². The number of likely N-dealkylation sites (N-methyl/N-ethyl adjacent to an activating group) is 1. The van der Waals surface area contributed by atoms with Gasteiger partial charge in [0, 0.05) is 19.6 Å². The van der Waals surface area contributed by atoms with E-state index in [0.29, 0.717) is 12.6 Å². The highest BCUT2D eigenvalue weighted by Crippen LogP contribution is 2.25. The summed E-state index contributed by atoms with van der Waals surface area (Å²) in [4.78, 5) is 13.5. The smallest absolute Gasteiger partial charge is 0.236 e. The second kappa shape index (κ2) is 6.75. The van der Waals surface area contributed by atoms with Crippen molar-refractivity contribution in [2.45, 2.75) is 32.2 Å². The second-order valence-electron chi connectivity index (χ2n) is 5.36. The Morgan fingerprint density at radius 3 is 2.95 bits per heavy atom. The van der Waals surface area contributed by atoms with Gasteiger partial charge >= 0.3 is 0 Å². The number of nitrogens with one attached hydrogen (secondary N) is 1. The van der Waals surface area contributed by atoms with Crippen LogP contribution in [0.15, 0.2) is 18.2 Å². The number of amides is 1. The number of fused-ring (bicyclic) bond motifs is 1. The first-order chi connectivity index (χ1) is 9.63. The van der Waals surface area contributed by atoms with Crippen molar-refractivity contribution in [3.63, 3.8) is 0 Å². The number of benzene rings is 1. The van der Waals surface area contributed by atoms with Crippen molar-refractivity contribution in [2.75, 3.05) is 27.2 Å². The minimum Gasteiger partial charge on any atom is -0.497 e. The predicted molar refractivity (Wildman–Crippen MR) is 80.1 cm³/mol. The van der Waals surface area contributed by atoms with E-state index in [1.807, 2.05) is 20.0 Å². The van der Waals surface area contributed by atoms with Gasteiger partial charge in [-0.15, -0.1) is 0 Å². The van der Waals surface area contributed by atoms with Gasteiger partial charge in [0.25, 0.3) is 0 Å². The molecule has 0 aromatic heterocycles. The SMILES string of the molecule is CCN(C)C(=O)CNC1CCc2ccc(OC)cc2C1. The van der Waals surface area contributed by atoms with Crippen LogP contribution in [0.3, 0.4) is 0 Å². The molecular formula is C16H24N2O2. The molecule has 4 nitrogen and oxygen atoms in total. The lowest BCUT2D eigenvalue weighted by Crippen LogP contribution is -2.42. The van der Waals surface area contributed by atoms with Crippen molar-refractivity contribution in [1.82, 2.24) is 10.2 Å². The minimum absolute atomic E-state index is 0.156. The average molecular weight is 276 g/mol. The fraction of sp³-hybridized carbons (Fsp3) is 0.562. The molecule has 0 saturated heterocycles. The molecule has 1 aliphatic rings. The van der Waals surface area contributed by atoms with Crippen LogP contribution in [0.5, 0.6) is 5.75 Å². The lowest BCUT2D eigenvalue weighted by atomic mass is 9.88. The van der Waals surface area contributed by atoms with Crippen LogP contribution in [0.4, 0.5) is 0 Å². The van der Waals surface area contributed by atoms with Crippen LogP contribution < -0.4 is 10.1 Å². The van der Waals surface area contributed by atoms with Gasteiger partial charge in [0.05, 0.1) is 13.7 Å². The van der Waals surface area contributed by atoms with Crippen LogP contribution in [0, 0.1) is 0 Å². The number of nitrogens with zero attached hydrogens (tertiary/aromatic N) is 1. The summed E-state index contributed by atoms with van der Waals surface area (Å²) in [6.45, 7) is 3.17. The zero-order valence-corrected chi connectivity index (χ0v) is 12.6. The molecule has 0 radical (unpaired) electrons. The minimum atomic E-state index is 0.156. The number of hydrogen-bond donors (Lipinski definition) is 1. The molecule has 0 saturated carbocycles. The lowest BCUT2D eigenvalue weighted by molar-refractivity contribution is -0.128. The highest BCUT2D eigenvalue weighted by molar-refractivity contribution is 5.77. The fourth-order valence-corrected chi connectivity index (χ4v) is 2.58. The number of carbonyl (C=O) groups excluding carboxylic acids is 1. The van der Waals surface area contributed by atoms with Gasteiger partial charge in [0.15, 0.2) is 0 Å². The number of aryl methyl sites for hydroxylation is 1. The largest absolute Gasteiger partial charge is 0.497 e. The summed E-state index contributed by atoms with van der Waals surface area (Å²) in [6.07, 6.45) is 3.12. The Hall–Kier alpha value is -1.55. The van der Waals surface area contributed by atoms with E-state index in [0.717, 1.165) is 31.6 Å². The molecule has 1 atom stereocenters. The molecule has 1 aromatic rings. The van der Waals surface area contributed by atoms with Crippen molar-refractivity contribution in [2.24, 2.45) is 0 Å². The topological polar surface area (TPSA) is 41.6 Å². The monoisotopic (exact) mass is 276 g/mol. The molecule has 0 fully saturated rings. The van der Waals surface area contributed by atoms with Crippen LogP contribution in [0.1, 0.15) is 24.5 Å². The van der Waals surface area contributed by atoms with Gasteiger partial charge < -0.3 is 15.0 Å². The van der Waals surface area contributed by atoms with E-state index < -0.39 is 0 Å². The number of rotatable bonds is 5. The molecule has 1 unspecified atom stereocenters. The Kier molecular flexibility index (Phi) is 5.01. The van der Waals surface area contributed by atoms with Crippen molar-refractivity contribution in [3.05, 3.63) is 29.3 Å². The lowest BCUT2D eigenvalue weighted by Gasteiger charge is -2.26. The van der Waals surface area contributed by atoms with Crippen LogP contribution in [0.25, 0.3) is 0 Å².